The summed E-state index contributed by atoms with van der Waals surface area (Å²) in [5, 5.41) is 9.04. The second-order valence-corrected chi connectivity index (χ2v) is 3.68. The van der Waals surface area contributed by atoms with Crippen molar-refractivity contribution in [3.8, 4) is 17.2 Å². The predicted octanol–water partition coefficient (Wildman–Crippen LogP) is 3.12. The summed E-state index contributed by atoms with van der Waals surface area (Å²) in [7, 11) is 0. The van der Waals surface area contributed by atoms with Crippen LogP contribution in [0.3, 0.4) is 0 Å². The van der Waals surface area contributed by atoms with Crippen molar-refractivity contribution in [2.24, 2.45) is 0 Å². The van der Waals surface area contributed by atoms with Crippen LogP contribution in [0.25, 0.3) is 11.1 Å². The SMILES string of the molecule is Cc1c(-c2ccccc2)ccc(N)c1C#N. The summed E-state index contributed by atoms with van der Waals surface area (Å²) in [6.07, 6.45) is 0. The maximum Gasteiger partial charge on any atom is 0.102 e. The summed E-state index contributed by atoms with van der Waals surface area (Å²) in [4.78, 5) is 0. The van der Waals surface area contributed by atoms with E-state index in [2.05, 4.69) is 6.07 Å². The first-order chi connectivity index (χ1) is 7.74. The smallest absolute Gasteiger partial charge is 0.102 e. The minimum atomic E-state index is 0.541. The zero-order valence-corrected chi connectivity index (χ0v) is 9.07. The van der Waals surface area contributed by atoms with Crippen molar-refractivity contribution in [3.63, 3.8) is 0 Å². The van der Waals surface area contributed by atoms with Gasteiger partial charge in [0.25, 0.3) is 0 Å². The van der Waals surface area contributed by atoms with Crippen LogP contribution >= 0.6 is 0 Å². The number of nitrogens with zero attached hydrogens (tertiary/aromatic N) is 1. The van der Waals surface area contributed by atoms with E-state index in [-0.39, 0.29) is 0 Å². The van der Waals surface area contributed by atoms with Gasteiger partial charge in [-0.1, -0.05) is 36.4 Å². The van der Waals surface area contributed by atoms with Crippen LogP contribution in [0.5, 0.6) is 0 Å². The van der Waals surface area contributed by atoms with Crippen LogP contribution in [0.2, 0.25) is 0 Å². The second kappa shape index (κ2) is 4.08. The third kappa shape index (κ3) is 1.64. The molecule has 0 radical (unpaired) electrons. The fourth-order valence-corrected chi connectivity index (χ4v) is 1.81. The number of nitrogen functional groups attached to an aromatic ring is 1. The minimum absolute atomic E-state index is 0.541. The standard InChI is InChI=1S/C14H12N2/c1-10-12(11-5-3-2-4-6-11)7-8-14(16)13(10)9-15/h2-8H,16H2,1H3. The van der Waals surface area contributed by atoms with Crippen LogP contribution in [0.1, 0.15) is 11.1 Å². The Labute approximate surface area is 95.0 Å². The molecule has 0 unspecified atom stereocenters. The Hall–Kier alpha value is -2.27. The van der Waals surface area contributed by atoms with Crippen molar-refractivity contribution in [1.29, 1.82) is 5.26 Å². The molecular weight excluding hydrogens is 196 g/mol. The molecule has 0 spiro atoms. The highest BCUT2D eigenvalue weighted by Crippen LogP contribution is 2.28. The van der Waals surface area contributed by atoms with Gasteiger partial charge < -0.3 is 5.73 Å². The maximum atomic E-state index is 9.04. The lowest BCUT2D eigenvalue weighted by molar-refractivity contribution is 1.39. The van der Waals surface area contributed by atoms with E-state index in [0.29, 0.717) is 11.3 Å². The average Bonchev–Trinajstić information content (AvgIpc) is 2.31. The third-order valence-electron chi connectivity index (χ3n) is 2.69. The number of nitrogens with two attached hydrogens (primary N) is 1. The van der Waals surface area contributed by atoms with Gasteiger partial charge in [-0.15, -0.1) is 0 Å². The lowest BCUT2D eigenvalue weighted by atomic mass is 9.96. The fraction of sp³-hybridized carbons (Fsp3) is 0.0714. The van der Waals surface area contributed by atoms with Crippen LogP contribution in [0.15, 0.2) is 42.5 Å². The van der Waals surface area contributed by atoms with Gasteiger partial charge in [-0.3, -0.25) is 0 Å². The lowest BCUT2D eigenvalue weighted by Crippen LogP contribution is -1.95. The molecule has 0 saturated heterocycles. The van der Waals surface area contributed by atoms with E-state index in [1.165, 1.54) is 0 Å². The molecule has 0 aliphatic carbocycles. The first-order valence-corrected chi connectivity index (χ1v) is 5.08. The van der Waals surface area contributed by atoms with Gasteiger partial charge in [-0.05, 0) is 29.7 Å². The Kier molecular flexibility index (Phi) is 2.61. The molecule has 2 heteroatoms. The predicted molar refractivity (Wildman–Crippen MR) is 65.7 cm³/mol. The molecule has 0 bridgehead atoms. The zero-order chi connectivity index (χ0) is 11.5. The number of anilines is 1. The second-order valence-electron chi connectivity index (χ2n) is 3.68. The topological polar surface area (TPSA) is 49.8 Å². The van der Waals surface area contributed by atoms with E-state index in [4.69, 9.17) is 11.0 Å². The van der Waals surface area contributed by atoms with Gasteiger partial charge >= 0.3 is 0 Å². The van der Waals surface area contributed by atoms with Crippen LogP contribution in [-0.2, 0) is 0 Å². The largest absolute Gasteiger partial charge is 0.398 e. The van der Waals surface area contributed by atoms with Crippen molar-refractivity contribution in [1.82, 2.24) is 0 Å². The number of hydrogen-bond acceptors (Lipinski definition) is 2. The Morgan fingerprint density at radius 2 is 1.75 bits per heavy atom. The Balaban J connectivity index is 2.65. The van der Waals surface area contributed by atoms with Crippen molar-refractivity contribution >= 4 is 5.69 Å². The van der Waals surface area contributed by atoms with Crippen LogP contribution in [-0.4, -0.2) is 0 Å². The van der Waals surface area contributed by atoms with E-state index in [1.807, 2.05) is 43.3 Å². The van der Waals surface area contributed by atoms with Crippen LogP contribution < -0.4 is 5.73 Å². The number of rotatable bonds is 1. The molecule has 0 heterocycles. The average molecular weight is 208 g/mol. The molecule has 2 rings (SSSR count). The van der Waals surface area contributed by atoms with E-state index in [1.54, 1.807) is 6.07 Å². The van der Waals surface area contributed by atoms with Gasteiger partial charge in [0.05, 0.1) is 5.56 Å². The number of hydrogen-bond donors (Lipinski definition) is 1. The third-order valence-corrected chi connectivity index (χ3v) is 2.69. The molecule has 0 atom stereocenters. The van der Waals surface area contributed by atoms with Crippen molar-refractivity contribution in [2.75, 3.05) is 5.73 Å². The van der Waals surface area contributed by atoms with E-state index in [9.17, 15) is 0 Å². The Morgan fingerprint density at radius 1 is 1.06 bits per heavy atom. The molecule has 78 valence electrons. The molecule has 2 nitrogen and oxygen atoms in total. The molecule has 16 heavy (non-hydrogen) atoms. The summed E-state index contributed by atoms with van der Waals surface area (Å²) >= 11 is 0. The summed E-state index contributed by atoms with van der Waals surface area (Å²) < 4.78 is 0. The molecule has 2 N–H and O–H groups in total. The highest BCUT2D eigenvalue weighted by molar-refractivity contribution is 5.74. The summed E-state index contributed by atoms with van der Waals surface area (Å²) in [6, 6.07) is 15.9. The molecule has 0 amide bonds. The maximum absolute atomic E-state index is 9.04. The van der Waals surface area contributed by atoms with Gasteiger partial charge in [0, 0.05) is 5.69 Å². The molecule has 0 aliphatic rings. The molecule has 2 aromatic rings. The fourth-order valence-electron chi connectivity index (χ4n) is 1.81. The number of nitriles is 1. The lowest BCUT2D eigenvalue weighted by Gasteiger charge is -2.09. The van der Waals surface area contributed by atoms with Gasteiger partial charge in [-0.2, -0.15) is 5.26 Å². The quantitative estimate of drug-likeness (QED) is 0.732. The highest BCUT2D eigenvalue weighted by Gasteiger charge is 2.08. The number of benzene rings is 2. The van der Waals surface area contributed by atoms with Crippen molar-refractivity contribution in [3.05, 3.63) is 53.6 Å². The monoisotopic (exact) mass is 208 g/mol. The molecule has 2 aromatic carbocycles. The summed E-state index contributed by atoms with van der Waals surface area (Å²) in [6.45, 7) is 1.93. The molecular formula is C14H12N2. The Morgan fingerprint density at radius 3 is 2.38 bits per heavy atom. The van der Waals surface area contributed by atoms with E-state index >= 15 is 0 Å². The minimum Gasteiger partial charge on any atom is -0.398 e. The molecule has 0 aromatic heterocycles. The summed E-state index contributed by atoms with van der Waals surface area (Å²) in [5.41, 5.74) is 9.98. The normalized spacial score (nSPS) is 9.75. The van der Waals surface area contributed by atoms with Crippen molar-refractivity contribution in [2.45, 2.75) is 6.92 Å². The van der Waals surface area contributed by atoms with Crippen LogP contribution in [0, 0.1) is 18.3 Å². The van der Waals surface area contributed by atoms with Crippen molar-refractivity contribution < 1.29 is 0 Å². The molecule has 0 fully saturated rings. The zero-order valence-electron chi connectivity index (χ0n) is 9.07. The van der Waals surface area contributed by atoms with Gasteiger partial charge in [0.2, 0.25) is 0 Å². The summed E-state index contributed by atoms with van der Waals surface area (Å²) in [5.74, 6) is 0. The Bertz CT molecular complexity index is 551. The van der Waals surface area contributed by atoms with Gasteiger partial charge in [0.1, 0.15) is 6.07 Å². The van der Waals surface area contributed by atoms with Gasteiger partial charge in [0.15, 0.2) is 0 Å². The van der Waals surface area contributed by atoms with E-state index < -0.39 is 0 Å². The first kappa shape index (κ1) is 10.3. The first-order valence-electron chi connectivity index (χ1n) is 5.08. The highest BCUT2D eigenvalue weighted by atomic mass is 14.6. The molecule has 0 saturated carbocycles. The van der Waals surface area contributed by atoms with Gasteiger partial charge in [-0.25, -0.2) is 0 Å². The molecule has 0 aliphatic heterocycles. The van der Waals surface area contributed by atoms with E-state index in [0.717, 1.165) is 16.7 Å². The van der Waals surface area contributed by atoms with Crippen LogP contribution in [0.4, 0.5) is 5.69 Å².